The lowest BCUT2D eigenvalue weighted by atomic mass is 9.54. The zero-order valence-corrected chi connectivity index (χ0v) is 25.5. The van der Waals surface area contributed by atoms with Gasteiger partial charge < -0.3 is 32.3 Å². The Labute approximate surface area is 256 Å². The number of rotatable bonds is 1. The summed E-state index contributed by atoms with van der Waals surface area (Å²) in [6.45, 7) is 4.60. The highest BCUT2D eigenvalue weighted by molar-refractivity contribution is 6.09. The van der Waals surface area contributed by atoms with E-state index in [0.29, 0.717) is 12.0 Å². The number of benzene rings is 1. The van der Waals surface area contributed by atoms with Gasteiger partial charge in [-0.05, 0) is 107 Å². The van der Waals surface area contributed by atoms with Crippen LogP contribution in [0, 0.1) is 11.3 Å². The maximum absolute atomic E-state index is 13.1. The molecule has 7 unspecified atom stereocenters. The predicted octanol–water partition coefficient (Wildman–Crippen LogP) is 2.44. The van der Waals surface area contributed by atoms with Gasteiger partial charge in [0.1, 0.15) is 17.7 Å². The lowest BCUT2D eigenvalue weighted by Crippen LogP contribution is -3.20. The molecule has 0 saturated carbocycles. The molecule has 5 nitrogen and oxygen atoms in total. The number of aromatic amines is 1. The summed E-state index contributed by atoms with van der Waals surface area (Å²) in [6.07, 6.45) is 25.5. The van der Waals surface area contributed by atoms with Gasteiger partial charge in [-0.25, -0.2) is 0 Å². The number of nitrogens with zero attached hydrogens (tertiary/aromatic N) is 2. The van der Waals surface area contributed by atoms with Gasteiger partial charge >= 0.3 is 0 Å². The van der Waals surface area contributed by atoms with Crippen molar-refractivity contribution in [1.29, 1.82) is 0 Å². The number of allylic oxidation sites excluding steroid dienone is 4. The quantitative estimate of drug-likeness (QED) is 0.385. The molecule has 5 aliphatic rings. The van der Waals surface area contributed by atoms with Crippen molar-refractivity contribution in [3.8, 4) is 0 Å². The minimum absolute atomic E-state index is 0. The number of hydrogen-bond acceptors (Lipinski definition) is 3. The van der Waals surface area contributed by atoms with Crippen molar-refractivity contribution in [2.75, 3.05) is 26.2 Å². The van der Waals surface area contributed by atoms with Crippen LogP contribution in [0.4, 0.5) is 0 Å². The van der Waals surface area contributed by atoms with Crippen LogP contribution in [0.15, 0.2) is 66.9 Å². The topological polar surface area (TPSA) is 56.6 Å². The summed E-state index contributed by atoms with van der Waals surface area (Å²) in [5, 5.41) is 15.6. The zero-order chi connectivity index (χ0) is 27.4. The van der Waals surface area contributed by atoms with E-state index in [1.165, 1.54) is 68.0 Å². The number of quaternary nitrogens is 1. The third-order valence-corrected chi connectivity index (χ3v) is 11.4. The molecule has 0 radical (unpaired) electrons. The van der Waals surface area contributed by atoms with E-state index >= 15 is 0 Å². The van der Waals surface area contributed by atoms with Gasteiger partial charge in [0.15, 0.2) is 0 Å². The van der Waals surface area contributed by atoms with E-state index in [1.807, 2.05) is 6.20 Å². The molecule has 1 spiro atoms. The Hall–Kier alpha value is -2.44. The first kappa shape index (κ1) is 28.3. The smallest absolute Gasteiger partial charge is 0.136 e. The summed E-state index contributed by atoms with van der Waals surface area (Å²) in [5.74, 6) is 0.406. The second kappa shape index (κ2) is 11.2. The Morgan fingerprint density at radius 2 is 1.81 bits per heavy atom. The van der Waals surface area contributed by atoms with Gasteiger partial charge in [0, 0.05) is 35.5 Å². The van der Waals surface area contributed by atoms with Crippen LogP contribution in [0.25, 0.3) is 27.4 Å². The van der Waals surface area contributed by atoms with E-state index in [-0.39, 0.29) is 23.9 Å². The van der Waals surface area contributed by atoms with Crippen molar-refractivity contribution in [1.82, 2.24) is 14.9 Å². The third kappa shape index (κ3) is 4.51. The van der Waals surface area contributed by atoms with Gasteiger partial charge in [-0.3, -0.25) is 4.98 Å². The maximum atomic E-state index is 13.1. The van der Waals surface area contributed by atoms with Gasteiger partial charge in [0.25, 0.3) is 0 Å². The number of piperidine rings is 1. The number of fused-ring (bicyclic) bond motifs is 5. The molecule has 2 fully saturated rings. The average Bonchev–Trinajstić information content (AvgIpc) is 3.49. The Kier molecular flexibility index (Phi) is 7.59. The van der Waals surface area contributed by atoms with E-state index in [2.05, 4.69) is 70.6 Å². The monoisotopic (exact) mass is 584 g/mol. The first-order chi connectivity index (χ1) is 20.2. The van der Waals surface area contributed by atoms with Crippen LogP contribution in [0.2, 0.25) is 0 Å². The predicted molar refractivity (Wildman–Crippen MR) is 167 cm³/mol. The van der Waals surface area contributed by atoms with E-state index in [9.17, 15) is 5.11 Å². The molecule has 42 heavy (non-hydrogen) atoms. The van der Waals surface area contributed by atoms with Crippen molar-refractivity contribution in [3.63, 3.8) is 0 Å². The van der Waals surface area contributed by atoms with Crippen LogP contribution in [-0.4, -0.2) is 63.8 Å². The normalized spacial score (nSPS) is 38.0. The van der Waals surface area contributed by atoms with Crippen molar-refractivity contribution in [2.45, 2.75) is 81.9 Å². The second-order valence-electron chi connectivity index (χ2n) is 13.7. The molecule has 8 rings (SSSR count). The van der Waals surface area contributed by atoms with Gasteiger partial charge in [-0.2, -0.15) is 0 Å². The van der Waals surface area contributed by atoms with Crippen LogP contribution in [-0.2, 0) is 0 Å². The van der Waals surface area contributed by atoms with E-state index in [0.717, 1.165) is 55.5 Å². The molecule has 4 aliphatic heterocycles. The summed E-state index contributed by atoms with van der Waals surface area (Å²) in [4.78, 5) is 13.3. The minimum atomic E-state index is -0.861. The minimum Gasteiger partial charge on any atom is -1.00 e. The Morgan fingerprint density at radius 1 is 0.952 bits per heavy atom. The molecule has 1 aromatic carbocycles. The Bertz CT molecular complexity index is 1540. The molecule has 3 N–H and O–H groups in total. The highest BCUT2D eigenvalue weighted by Gasteiger charge is 2.68. The molecule has 222 valence electrons. The Morgan fingerprint density at radius 3 is 2.76 bits per heavy atom. The summed E-state index contributed by atoms with van der Waals surface area (Å²) in [7, 11) is 0. The lowest BCUT2D eigenvalue weighted by Gasteiger charge is -2.55. The van der Waals surface area contributed by atoms with Gasteiger partial charge in [0.05, 0.1) is 23.2 Å². The standard InChI is InChI=1S/C36H44N4O.ClH/c41-36-18-10-4-1-2-5-11-20-39-22-17-30(35(25-39)23-26-13-7-3-6-12-21-40(26)34(35)36)29(24-36)32-33-28(16-19-37-32)27-14-8-9-15-31(27)38-33;/h1,4,7-9,13-16,19,24,26,30,34,38,41H,2-3,5-6,10-12,17-18,20-23,25H2;1H/b4-1-,13-7-;. The fraction of sp³-hybridized carbons (Fsp3) is 0.528. The molecule has 3 bridgehead atoms. The summed E-state index contributed by atoms with van der Waals surface area (Å²) in [6, 6.07) is 11.5. The summed E-state index contributed by atoms with van der Waals surface area (Å²) < 4.78 is 0. The molecule has 6 heteroatoms. The molecule has 2 saturated heterocycles. The average molecular weight is 585 g/mol. The molecular formula is C36H45ClN4O. The van der Waals surface area contributed by atoms with Gasteiger partial charge in [0.2, 0.25) is 0 Å². The second-order valence-corrected chi connectivity index (χ2v) is 13.7. The number of aromatic nitrogens is 2. The van der Waals surface area contributed by atoms with Crippen LogP contribution < -0.4 is 17.3 Å². The molecule has 6 heterocycles. The van der Waals surface area contributed by atoms with Crippen LogP contribution in [0.5, 0.6) is 0 Å². The summed E-state index contributed by atoms with van der Waals surface area (Å²) in [5.41, 5.74) is 3.85. The number of pyridine rings is 1. The fourth-order valence-electron chi connectivity index (χ4n) is 9.84. The number of hydrogen-bond donors (Lipinski definition) is 3. The van der Waals surface area contributed by atoms with Crippen LogP contribution >= 0.6 is 0 Å². The highest BCUT2D eigenvalue weighted by Crippen LogP contribution is 2.57. The van der Waals surface area contributed by atoms with Crippen LogP contribution in [0.1, 0.15) is 69.9 Å². The molecule has 7 atom stereocenters. The van der Waals surface area contributed by atoms with Gasteiger partial charge in [-0.15, -0.1) is 0 Å². The van der Waals surface area contributed by atoms with E-state index in [4.69, 9.17) is 4.98 Å². The fourth-order valence-corrected chi connectivity index (χ4v) is 9.84. The lowest BCUT2D eigenvalue weighted by molar-refractivity contribution is -0.940. The van der Waals surface area contributed by atoms with Gasteiger partial charge in [-0.1, -0.05) is 36.4 Å². The van der Waals surface area contributed by atoms with Crippen molar-refractivity contribution >= 4 is 27.4 Å². The zero-order valence-electron chi connectivity index (χ0n) is 24.7. The maximum Gasteiger partial charge on any atom is 0.136 e. The highest BCUT2D eigenvalue weighted by atomic mass is 35.5. The Balaban J connectivity index is 0.00000288. The molecule has 3 aromatic rings. The number of para-hydroxylation sites is 1. The molecule has 2 aromatic heterocycles. The molecule has 1 aliphatic carbocycles. The number of aliphatic hydroxyl groups is 1. The largest absolute Gasteiger partial charge is 1.00 e. The first-order valence-corrected chi connectivity index (χ1v) is 16.4. The molecule has 0 amide bonds. The van der Waals surface area contributed by atoms with E-state index < -0.39 is 5.60 Å². The number of nitrogens with one attached hydrogen (secondary N) is 2. The number of H-pyrrole nitrogens is 1. The number of halogens is 1. The third-order valence-electron chi connectivity index (χ3n) is 11.4. The summed E-state index contributed by atoms with van der Waals surface area (Å²) >= 11 is 0. The first-order valence-electron chi connectivity index (χ1n) is 16.4. The van der Waals surface area contributed by atoms with Crippen molar-refractivity contribution in [3.05, 3.63) is 72.6 Å². The van der Waals surface area contributed by atoms with Crippen LogP contribution in [0.3, 0.4) is 0 Å². The van der Waals surface area contributed by atoms with Crippen molar-refractivity contribution in [2.24, 2.45) is 11.3 Å². The van der Waals surface area contributed by atoms with E-state index in [1.54, 1.807) is 4.90 Å². The van der Waals surface area contributed by atoms with Crippen molar-refractivity contribution < 1.29 is 22.4 Å². The molecular weight excluding hydrogens is 540 g/mol. The SMILES string of the molecule is OC12C=C(c3nccc4c3[nH]c3ccccc34)C3CCN(CCCC/C=C\CC1)CC31CC3/C=C\CCCC[NH+]3C21.[Cl-].